The fourth-order valence-corrected chi connectivity index (χ4v) is 3.03. The number of fused-ring (bicyclic) bond motifs is 1. The number of nitrogens with one attached hydrogen (secondary N) is 3. The van der Waals surface area contributed by atoms with Crippen molar-refractivity contribution >= 4 is 28.7 Å². The van der Waals surface area contributed by atoms with Crippen molar-refractivity contribution in [2.24, 2.45) is 4.99 Å². The lowest BCUT2D eigenvalue weighted by molar-refractivity contribution is -0.124. The number of aliphatic imine (C=N–C) groups is 1. The van der Waals surface area contributed by atoms with E-state index in [-0.39, 0.29) is 31.1 Å². The zero-order chi connectivity index (χ0) is 19.2. The number of carbonyl (C=O) groups is 2. The molecular weight excluding hydrogens is 342 g/mol. The number of amides is 3. The molecule has 1 saturated heterocycles. The van der Waals surface area contributed by atoms with Gasteiger partial charge in [-0.3, -0.25) is 14.7 Å². The molecule has 1 unspecified atom stereocenters. The monoisotopic (exact) mass is 367 g/mol. The first-order chi connectivity index (χ1) is 13.1. The van der Waals surface area contributed by atoms with E-state index < -0.39 is 0 Å². The number of nitrogens with zero attached hydrogens (tertiary/aromatic N) is 2. The van der Waals surface area contributed by atoms with E-state index >= 15 is 0 Å². The molecule has 1 aliphatic rings. The van der Waals surface area contributed by atoms with Crippen LogP contribution in [0.25, 0.3) is 10.8 Å². The molecule has 3 rings (SSSR count). The molecule has 27 heavy (non-hydrogen) atoms. The van der Waals surface area contributed by atoms with Gasteiger partial charge in [0.1, 0.15) is 0 Å². The minimum absolute atomic E-state index is 0.0594. The number of urea groups is 1. The van der Waals surface area contributed by atoms with Crippen LogP contribution in [-0.4, -0.2) is 49.0 Å². The number of rotatable bonds is 6. The number of guanidine groups is 1. The van der Waals surface area contributed by atoms with Gasteiger partial charge in [-0.15, -0.1) is 0 Å². The number of carbonyl (C=O) groups excluding carboxylic acids is 2. The van der Waals surface area contributed by atoms with Gasteiger partial charge in [-0.05, 0) is 36.2 Å². The Labute approximate surface area is 158 Å². The fourth-order valence-electron chi connectivity index (χ4n) is 3.03. The first kappa shape index (κ1) is 18.7. The summed E-state index contributed by atoms with van der Waals surface area (Å²) < 4.78 is 0. The summed E-state index contributed by atoms with van der Waals surface area (Å²) in [4.78, 5) is 28.9. The lowest BCUT2D eigenvalue weighted by Gasteiger charge is -2.19. The van der Waals surface area contributed by atoms with E-state index in [4.69, 9.17) is 0 Å². The van der Waals surface area contributed by atoms with Crippen molar-refractivity contribution < 1.29 is 9.59 Å². The summed E-state index contributed by atoms with van der Waals surface area (Å²) in [5.74, 6) is 0.447. The smallest absolute Gasteiger partial charge is 0.324 e. The molecule has 142 valence electrons. The Morgan fingerprint density at radius 3 is 2.70 bits per heavy atom. The van der Waals surface area contributed by atoms with E-state index in [0.717, 1.165) is 12.1 Å². The maximum atomic E-state index is 11.6. The highest BCUT2D eigenvalue weighted by Gasteiger charge is 2.27. The Morgan fingerprint density at radius 1 is 1.22 bits per heavy atom. The molecule has 1 aliphatic heterocycles. The topological polar surface area (TPSA) is 85.8 Å². The minimum atomic E-state index is -0.349. The third kappa shape index (κ3) is 4.55. The Bertz CT molecular complexity index is 848. The molecule has 0 aromatic heterocycles. The van der Waals surface area contributed by atoms with Gasteiger partial charge in [0.05, 0.1) is 25.7 Å². The second kappa shape index (κ2) is 8.53. The van der Waals surface area contributed by atoms with E-state index in [2.05, 4.69) is 58.2 Å². The molecular formula is C20H25N5O2. The van der Waals surface area contributed by atoms with Gasteiger partial charge < -0.3 is 16.0 Å². The third-order valence-electron chi connectivity index (χ3n) is 4.50. The molecule has 0 aliphatic carbocycles. The zero-order valence-electron chi connectivity index (χ0n) is 15.7. The largest absolute Gasteiger partial charge is 0.357 e. The lowest BCUT2D eigenvalue weighted by Crippen LogP contribution is -2.40. The Balaban J connectivity index is 1.65. The van der Waals surface area contributed by atoms with Gasteiger partial charge in [0.25, 0.3) is 0 Å². The van der Waals surface area contributed by atoms with Crippen LogP contribution in [0.4, 0.5) is 4.79 Å². The van der Waals surface area contributed by atoms with Gasteiger partial charge >= 0.3 is 6.03 Å². The number of hydrogen-bond donors (Lipinski definition) is 3. The van der Waals surface area contributed by atoms with Crippen molar-refractivity contribution in [3.8, 4) is 0 Å². The predicted octanol–water partition coefficient (Wildman–Crippen LogP) is 2.01. The van der Waals surface area contributed by atoms with Gasteiger partial charge in [-0.1, -0.05) is 36.4 Å². The highest BCUT2D eigenvalue weighted by Crippen LogP contribution is 2.20. The Hall–Kier alpha value is -3.09. The number of imide groups is 1. The fraction of sp³-hybridized carbons (Fsp3) is 0.350. The van der Waals surface area contributed by atoms with Crippen LogP contribution in [0.3, 0.4) is 0 Å². The summed E-state index contributed by atoms with van der Waals surface area (Å²) in [5.41, 5.74) is 1.16. The van der Waals surface area contributed by atoms with Crippen LogP contribution in [-0.2, 0) is 4.79 Å². The zero-order valence-corrected chi connectivity index (χ0v) is 15.7. The molecule has 1 heterocycles. The van der Waals surface area contributed by atoms with Crippen molar-refractivity contribution in [1.82, 2.24) is 20.9 Å². The van der Waals surface area contributed by atoms with Gasteiger partial charge in [-0.2, -0.15) is 0 Å². The summed E-state index contributed by atoms with van der Waals surface area (Å²) >= 11 is 0. The minimum Gasteiger partial charge on any atom is -0.357 e. The quantitative estimate of drug-likeness (QED) is 0.414. The van der Waals surface area contributed by atoms with E-state index in [9.17, 15) is 9.59 Å². The first-order valence-electron chi connectivity index (χ1n) is 9.20. The molecule has 2 aromatic carbocycles. The maximum absolute atomic E-state index is 11.6. The number of hydrogen-bond acceptors (Lipinski definition) is 3. The first-order valence-corrected chi connectivity index (χ1v) is 9.20. The van der Waals surface area contributed by atoms with Gasteiger partial charge in [-0.25, -0.2) is 4.79 Å². The van der Waals surface area contributed by atoms with Crippen LogP contribution in [0.15, 0.2) is 47.5 Å². The lowest BCUT2D eigenvalue weighted by atomic mass is 10.0. The number of benzene rings is 2. The average molecular weight is 367 g/mol. The SMILES string of the molecule is CCNC(=NCCN1C(=O)CNC1=O)NC(C)c1ccc2ccccc2c1. The molecule has 7 heteroatoms. The van der Waals surface area contributed by atoms with Crippen LogP contribution in [0, 0.1) is 0 Å². The van der Waals surface area contributed by atoms with Crippen LogP contribution >= 0.6 is 0 Å². The second-order valence-corrected chi connectivity index (χ2v) is 6.44. The van der Waals surface area contributed by atoms with E-state index in [0.29, 0.717) is 12.5 Å². The van der Waals surface area contributed by atoms with Crippen molar-refractivity contribution in [2.45, 2.75) is 19.9 Å². The molecule has 3 N–H and O–H groups in total. The van der Waals surface area contributed by atoms with Gasteiger partial charge in [0, 0.05) is 6.54 Å². The van der Waals surface area contributed by atoms with Crippen LogP contribution in [0.1, 0.15) is 25.5 Å². The molecule has 1 fully saturated rings. The average Bonchev–Trinajstić information content (AvgIpc) is 2.99. The van der Waals surface area contributed by atoms with Crippen LogP contribution in [0.5, 0.6) is 0 Å². The Morgan fingerprint density at radius 2 is 2.00 bits per heavy atom. The summed E-state index contributed by atoms with van der Waals surface area (Å²) in [6, 6.07) is 14.4. The van der Waals surface area contributed by atoms with E-state index in [1.54, 1.807) is 0 Å². The van der Waals surface area contributed by atoms with E-state index in [1.807, 2.05) is 19.1 Å². The third-order valence-corrected chi connectivity index (χ3v) is 4.50. The van der Waals surface area contributed by atoms with Crippen molar-refractivity contribution in [1.29, 1.82) is 0 Å². The van der Waals surface area contributed by atoms with Crippen molar-refractivity contribution in [3.63, 3.8) is 0 Å². The molecule has 0 spiro atoms. The standard InChI is InChI=1S/C20H25N5O2/c1-3-21-19(22-10-11-25-18(26)13-23-20(25)27)24-14(2)16-9-8-15-6-4-5-7-17(15)12-16/h4-9,12,14H,3,10-11,13H2,1-2H3,(H,23,27)(H2,21,22,24). The molecule has 2 aromatic rings. The molecule has 0 bridgehead atoms. The van der Waals surface area contributed by atoms with Crippen LogP contribution in [0.2, 0.25) is 0 Å². The van der Waals surface area contributed by atoms with Crippen molar-refractivity contribution in [2.75, 3.05) is 26.2 Å². The molecule has 1 atom stereocenters. The van der Waals surface area contributed by atoms with Gasteiger partial charge in [0.15, 0.2) is 5.96 Å². The highest BCUT2D eigenvalue weighted by molar-refractivity contribution is 6.01. The predicted molar refractivity (Wildman–Crippen MR) is 107 cm³/mol. The summed E-state index contributed by atoms with van der Waals surface area (Å²) in [5, 5.41) is 11.5. The molecule has 0 saturated carbocycles. The summed E-state index contributed by atoms with van der Waals surface area (Å²) in [6.45, 7) is 5.48. The summed E-state index contributed by atoms with van der Waals surface area (Å²) in [7, 11) is 0. The normalized spacial score (nSPS) is 15.8. The highest BCUT2D eigenvalue weighted by atomic mass is 16.2. The van der Waals surface area contributed by atoms with Gasteiger partial charge in [0.2, 0.25) is 5.91 Å². The second-order valence-electron chi connectivity index (χ2n) is 6.44. The van der Waals surface area contributed by atoms with Crippen molar-refractivity contribution in [3.05, 3.63) is 48.0 Å². The molecule has 0 radical (unpaired) electrons. The van der Waals surface area contributed by atoms with E-state index in [1.165, 1.54) is 15.7 Å². The summed E-state index contributed by atoms with van der Waals surface area (Å²) in [6.07, 6.45) is 0. The maximum Gasteiger partial charge on any atom is 0.324 e. The Kier molecular flexibility index (Phi) is 5.90. The van der Waals surface area contributed by atoms with Crippen LogP contribution < -0.4 is 16.0 Å². The molecule has 3 amide bonds. The molecule has 7 nitrogen and oxygen atoms in total.